The van der Waals surface area contributed by atoms with Crippen LogP contribution in [0.25, 0.3) is 0 Å². The molecule has 16 heavy (non-hydrogen) atoms. The van der Waals surface area contributed by atoms with Crippen molar-refractivity contribution in [2.75, 3.05) is 13.2 Å². The number of hydrogen-bond donors (Lipinski definition) is 1. The monoisotopic (exact) mass is 277 g/mol. The topological polar surface area (TPSA) is 35.2 Å². The number of rotatable bonds is 4. The lowest BCUT2D eigenvalue weighted by Crippen LogP contribution is -2.18. The smallest absolute Gasteiger partial charge is 0.0931 e. The molecule has 0 aliphatic carbocycles. The molecule has 1 aromatic rings. The van der Waals surface area contributed by atoms with Gasteiger partial charge in [-0.15, -0.1) is 23.1 Å². The SMILES string of the molecule is CC1OCCC1SC(CN)c1ccc(Cl)s1. The molecule has 2 rings (SSSR count). The first-order valence-electron chi connectivity index (χ1n) is 5.43. The molecule has 1 saturated heterocycles. The third-order valence-electron chi connectivity index (χ3n) is 2.77. The van der Waals surface area contributed by atoms with E-state index in [4.69, 9.17) is 22.1 Å². The Morgan fingerprint density at radius 1 is 1.69 bits per heavy atom. The predicted molar refractivity (Wildman–Crippen MR) is 72.5 cm³/mol. The number of thioether (sulfide) groups is 1. The maximum Gasteiger partial charge on any atom is 0.0931 e. The fourth-order valence-electron chi connectivity index (χ4n) is 1.84. The summed E-state index contributed by atoms with van der Waals surface area (Å²) in [6.45, 7) is 3.67. The van der Waals surface area contributed by atoms with Gasteiger partial charge in [0.25, 0.3) is 0 Å². The molecule has 0 spiro atoms. The first-order chi connectivity index (χ1) is 7.70. The van der Waals surface area contributed by atoms with Gasteiger partial charge >= 0.3 is 0 Å². The Kier molecular flexibility index (Phi) is 4.56. The summed E-state index contributed by atoms with van der Waals surface area (Å²) in [6, 6.07) is 4.03. The molecule has 0 amide bonds. The molecule has 0 radical (unpaired) electrons. The van der Waals surface area contributed by atoms with Crippen molar-refractivity contribution in [3.63, 3.8) is 0 Å². The van der Waals surface area contributed by atoms with E-state index < -0.39 is 0 Å². The molecule has 3 atom stereocenters. The Morgan fingerprint density at radius 2 is 2.50 bits per heavy atom. The molecular weight excluding hydrogens is 262 g/mol. The van der Waals surface area contributed by atoms with Gasteiger partial charge in [0.2, 0.25) is 0 Å². The molecule has 2 heterocycles. The Morgan fingerprint density at radius 3 is 3.00 bits per heavy atom. The lowest BCUT2D eigenvalue weighted by Gasteiger charge is -2.19. The van der Waals surface area contributed by atoms with Crippen LogP contribution in [-0.4, -0.2) is 24.5 Å². The van der Waals surface area contributed by atoms with E-state index in [-0.39, 0.29) is 0 Å². The Labute approximate surface area is 110 Å². The van der Waals surface area contributed by atoms with E-state index in [0.29, 0.717) is 23.1 Å². The van der Waals surface area contributed by atoms with Crippen molar-refractivity contribution in [3.05, 3.63) is 21.3 Å². The highest BCUT2D eigenvalue weighted by atomic mass is 35.5. The average molecular weight is 278 g/mol. The van der Waals surface area contributed by atoms with Crippen LogP contribution in [0.4, 0.5) is 0 Å². The number of ether oxygens (including phenoxy) is 1. The Bertz CT molecular complexity index is 344. The molecule has 1 aliphatic heterocycles. The number of hydrogen-bond acceptors (Lipinski definition) is 4. The van der Waals surface area contributed by atoms with Gasteiger partial charge in [-0.1, -0.05) is 11.6 Å². The molecule has 5 heteroatoms. The molecule has 3 unspecified atom stereocenters. The van der Waals surface area contributed by atoms with Gasteiger partial charge < -0.3 is 10.5 Å². The normalized spacial score (nSPS) is 27.2. The van der Waals surface area contributed by atoms with Crippen LogP contribution >= 0.6 is 34.7 Å². The minimum absolute atomic E-state index is 0.342. The van der Waals surface area contributed by atoms with E-state index in [1.54, 1.807) is 11.3 Å². The standard InChI is InChI=1S/C11H16ClNOS2/c1-7-8(4-5-14-7)15-10(6-13)9-2-3-11(12)16-9/h2-3,7-8,10H,4-6,13H2,1H3. The van der Waals surface area contributed by atoms with E-state index in [9.17, 15) is 0 Å². The number of thiophene rings is 1. The maximum absolute atomic E-state index is 5.95. The molecule has 2 nitrogen and oxygen atoms in total. The molecule has 90 valence electrons. The second kappa shape index (κ2) is 5.74. The van der Waals surface area contributed by atoms with Crippen LogP contribution in [0.15, 0.2) is 12.1 Å². The molecule has 2 N–H and O–H groups in total. The summed E-state index contributed by atoms with van der Waals surface area (Å²) in [6.07, 6.45) is 1.47. The van der Waals surface area contributed by atoms with E-state index >= 15 is 0 Å². The second-order valence-electron chi connectivity index (χ2n) is 3.91. The zero-order valence-corrected chi connectivity index (χ0v) is 11.6. The highest BCUT2D eigenvalue weighted by Crippen LogP contribution is 2.40. The third-order valence-corrected chi connectivity index (χ3v) is 6.01. The lowest BCUT2D eigenvalue weighted by atomic mass is 10.2. The quantitative estimate of drug-likeness (QED) is 0.917. The minimum Gasteiger partial charge on any atom is -0.377 e. The fraction of sp³-hybridized carbons (Fsp3) is 0.636. The van der Waals surface area contributed by atoms with Crippen molar-refractivity contribution in [1.29, 1.82) is 0 Å². The molecular formula is C11H16ClNOS2. The molecule has 1 aliphatic rings. The Hall–Kier alpha value is 0.260. The van der Waals surface area contributed by atoms with E-state index in [2.05, 4.69) is 13.0 Å². The molecule has 1 fully saturated rings. The van der Waals surface area contributed by atoms with E-state index in [1.807, 2.05) is 17.8 Å². The van der Waals surface area contributed by atoms with Crippen molar-refractivity contribution in [2.24, 2.45) is 5.73 Å². The summed E-state index contributed by atoms with van der Waals surface area (Å²) in [4.78, 5) is 1.27. The van der Waals surface area contributed by atoms with Gasteiger partial charge in [-0.2, -0.15) is 0 Å². The van der Waals surface area contributed by atoms with E-state index in [0.717, 1.165) is 17.4 Å². The van der Waals surface area contributed by atoms with Crippen LogP contribution in [0.5, 0.6) is 0 Å². The van der Waals surface area contributed by atoms with Crippen LogP contribution in [0.2, 0.25) is 4.34 Å². The first kappa shape index (κ1) is 12.7. The first-order valence-corrected chi connectivity index (χ1v) is 7.57. The molecule has 1 aromatic heterocycles. The maximum atomic E-state index is 5.95. The zero-order valence-electron chi connectivity index (χ0n) is 9.19. The predicted octanol–water partition coefficient (Wildman–Crippen LogP) is 3.31. The van der Waals surface area contributed by atoms with Gasteiger partial charge in [0, 0.05) is 23.3 Å². The van der Waals surface area contributed by atoms with Crippen molar-refractivity contribution in [3.8, 4) is 0 Å². The van der Waals surface area contributed by atoms with Crippen molar-refractivity contribution in [2.45, 2.75) is 29.9 Å². The highest BCUT2D eigenvalue weighted by molar-refractivity contribution is 8.00. The summed E-state index contributed by atoms with van der Waals surface area (Å²) in [5.74, 6) is 0. The Balaban J connectivity index is 2.00. The van der Waals surface area contributed by atoms with Gasteiger partial charge in [-0.3, -0.25) is 0 Å². The van der Waals surface area contributed by atoms with Crippen molar-refractivity contribution in [1.82, 2.24) is 0 Å². The minimum atomic E-state index is 0.342. The van der Waals surface area contributed by atoms with Crippen LogP contribution in [-0.2, 0) is 4.74 Å². The second-order valence-corrected chi connectivity index (χ2v) is 7.10. The third kappa shape index (κ3) is 2.93. The van der Waals surface area contributed by atoms with Crippen molar-refractivity contribution < 1.29 is 4.74 Å². The highest BCUT2D eigenvalue weighted by Gasteiger charge is 2.28. The van der Waals surface area contributed by atoms with Crippen LogP contribution in [0, 0.1) is 0 Å². The van der Waals surface area contributed by atoms with Crippen LogP contribution in [0.1, 0.15) is 23.5 Å². The zero-order chi connectivity index (χ0) is 11.5. The van der Waals surface area contributed by atoms with Gasteiger partial charge in [-0.05, 0) is 25.5 Å². The summed E-state index contributed by atoms with van der Waals surface area (Å²) in [5.41, 5.74) is 5.84. The fourth-order valence-corrected chi connectivity index (χ4v) is 4.49. The van der Waals surface area contributed by atoms with Gasteiger partial charge in [0.1, 0.15) is 0 Å². The summed E-state index contributed by atoms with van der Waals surface area (Å²) >= 11 is 9.51. The average Bonchev–Trinajstić information content (AvgIpc) is 2.85. The molecule has 0 aromatic carbocycles. The van der Waals surface area contributed by atoms with Gasteiger partial charge in [0.05, 0.1) is 15.7 Å². The molecule has 0 saturated carbocycles. The van der Waals surface area contributed by atoms with Gasteiger partial charge in [0.15, 0.2) is 0 Å². The lowest BCUT2D eigenvalue weighted by molar-refractivity contribution is 0.127. The largest absolute Gasteiger partial charge is 0.377 e. The van der Waals surface area contributed by atoms with Crippen LogP contribution in [0.3, 0.4) is 0 Å². The number of nitrogens with two attached hydrogens (primary N) is 1. The van der Waals surface area contributed by atoms with E-state index in [1.165, 1.54) is 4.88 Å². The molecule has 0 bridgehead atoms. The number of halogens is 1. The van der Waals surface area contributed by atoms with Gasteiger partial charge in [-0.25, -0.2) is 0 Å². The summed E-state index contributed by atoms with van der Waals surface area (Å²) in [5, 5.41) is 0.918. The van der Waals surface area contributed by atoms with Crippen molar-refractivity contribution >= 4 is 34.7 Å². The summed E-state index contributed by atoms with van der Waals surface area (Å²) < 4.78 is 6.41. The summed E-state index contributed by atoms with van der Waals surface area (Å²) in [7, 11) is 0. The van der Waals surface area contributed by atoms with Crippen LogP contribution < -0.4 is 5.73 Å².